The van der Waals surface area contributed by atoms with Gasteiger partial charge in [0.15, 0.2) is 0 Å². The quantitative estimate of drug-likeness (QED) is 0.165. The van der Waals surface area contributed by atoms with Crippen molar-refractivity contribution in [3.05, 3.63) is 227 Å². The first-order valence-electron chi connectivity index (χ1n) is 18.8. The van der Waals surface area contributed by atoms with E-state index in [4.69, 9.17) is 0 Å². The van der Waals surface area contributed by atoms with Crippen molar-refractivity contribution < 1.29 is 0 Å². The van der Waals surface area contributed by atoms with Gasteiger partial charge in [-0.05, 0) is 101 Å². The van der Waals surface area contributed by atoms with Crippen molar-refractivity contribution >= 4 is 11.4 Å². The minimum atomic E-state index is -0.451. The first-order chi connectivity index (χ1) is 25.3. The van der Waals surface area contributed by atoms with Crippen LogP contribution in [0.3, 0.4) is 0 Å². The monoisotopic (exact) mass is 669 g/mol. The molecular weight excluding hydrogens is 627 g/mol. The number of anilines is 2. The van der Waals surface area contributed by atoms with Crippen LogP contribution in [-0.2, 0) is 16.2 Å². The van der Waals surface area contributed by atoms with Crippen molar-refractivity contribution in [2.45, 2.75) is 49.5 Å². The van der Waals surface area contributed by atoms with Gasteiger partial charge in [-0.25, -0.2) is 0 Å². The lowest BCUT2D eigenvalue weighted by molar-refractivity contribution is 0.424. The molecule has 1 nitrogen and oxygen atoms in total. The van der Waals surface area contributed by atoms with Crippen molar-refractivity contribution in [1.82, 2.24) is 0 Å². The summed E-state index contributed by atoms with van der Waals surface area (Å²) in [4.78, 5) is 2.67. The van der Waals surface area contributed by atoms with Crippen LogP contribution in [0.2, 0.25) is 0 Å². The van der Waals surface area contributed by atoms with Crippen LogP contribution in [0.1, 0.15) is 55.5 Å². The summed E-state index contributed by atoms with van der Waals surface area (Å²) in [6.45, 7) is 9.95. The molecule has 0 radical (unpaired) electrons. The van der Waals surface area contributed by atoms with Crippen LogP contribution in [0.25, 0.3) is 11.1 Å². The standard InChI is InChI=1S/C51H43N/c1-35-34-44-50(4)46-42(51(44,39-22-13-7-14-23-39)40-24-15-8-16-25-40)26-17-27-43(46)52(41-30-28-37(29-31-41)36-18-9-5-10-19-36)49(3)33-32-48(2,45(35)47(49)50)38-20-11-6-12-21-38/h5-35H,1-4H3. The third kappa shape index (κ3) is 3.84. The second-order valence-electron chi connectivity index (χ2n) is 15.8. The summed E-state index contributed by atoms with van der Waals surface area (Å²) >= 11 is 0. The highest BCUT2D eigenvalue weighted by atomic mass is 15.2. The summed E-state index contributed by atoms with van der Waals surface area (Å²) in [7, 11) is 0. The second-order valence-corrected chi connectivity index (χ2v) is 15.8. The Morgan fingerprint density at radius 1 is 0.519 bits per heavy atom. The van der Waals surface area contributed by atoms with Gasteiger partial charge in [0, 0.05) is 22.2 Å². The number of allylic oxidation sites excluding steroid dienone is 4. The zero-order valence-electron chi connectivity index (χ0n) is 30.3. The molecule has 10 rings (SSSR count). The zero-order chi connectivity index (χ0) is 35.3. The van der Waals surface area contributed by atoms with Gasteiger partial charge < -0.3 is 4.90 Å². The molecule has 0 bridgehead atoms. The highest BCUT2D eigenvalue weighted by molar-refractivity contribution is 5.90. The Bertz CT molecular complexity index is 2400. The van der Waals surface area contributed by atoms with Gasteiger partial charge in [0.1, 0.15) is 0 Å². The van der Waals surface area contributed by atoms with Crippen LogP contribution in [0.15, 0.2) is 199 Å². The molecule has 4 unspecified atom stereocenters. The van der Waals surface area contributed by atoms with E-state index in [0.29, 0.717) is 0 Å². The summed E-state index contributed by atoms with van der Waals surface area (Å²) in [6, 6.07) is 60.9. The Hall–Kier alpha value is -5.66. The molecule has 1 heterocycles. The van der Waals surface area contributed by atoms with Gasteiger partial charge in [0.2, 0.25) is 0 Å². The van der Waals surface area contributed by atoms with Crippen molar-refractivity contribution in [3.63, 3.8) is 0 Å². The minimum Gasteiger partial charge on any atom is -0.328 e. The molecule has 0 aromatic heterocycles. The zero-order valence-corrected chi connectivity index (χ0v) is 30.3. The fourth-order valence-electron chi connectivity index (χ4n) is 11.1. The smallest absolute Gasteiger partial charge is 0.0833 e. The van der Waals surface area contributed by atoms with E-state index in [1.807, 2.05) is 0 Å². The Kier molecular flexibility index (Phi) is 6.53. The van der Waals surface area contributed by atoms with Crippen molar-refractivity contribution in [2.75, 3.05) is 4.90 Å². The minimum absolute atomic E-state index is 0.206. The van der Waals surface area contributed by atoms with Gasteiger partial charge >= 0.3 is 0 Å². The summed E-state index contributed by atoms with van der Waals surface area (Å²) < 4.78 is 0. The number of benzene rings is 6. The van der Waals surface area contributed by atoms with Crippen molar-refractivity contribution in [3.8, 4) is 11.1 Å². The normalized spacial score (nSPS) is 26.2. The molecule has 6 aromatic carbocycles. The van der Waals surface area contributed by atoms with Gasteiger partial charge in [0.25, 0.3) is 0 Å². The van der Waals surface area contributed by atoms with E-state index < -0.39 is 11.0 Å². The fourth-order valence-corrected chi connectivity index (χ4v) is 11.1. The molecule has 4 aliphatic rings. The molecule has 0 amide bonds. The lowest BCUT2D eigenvalue weighted by Crippen LogP contribution is -2.58. The van der Waals surface area contributed by atoms with Crippen LogP contribution in [0.5, 0.6) is 0 Å². The highest BCUT2D eigenvalue weighted by Crippen LogP contribution is 2.73. The van der Waals surface area contributed by atoms with Crippen LogP contribution >= 0.6 is 0 Å². The van der Waals surface area contributed by atoms with E-state index in [9.17, 15) is 0 Å². The maximum atomic E-state index is 2.67. The molecule has 52 heavy (non-hydrogen) atoms. The van der Waals surface area contributed by atoms with Crippen LogP contribution in [-0.4, -0.2) is 5.54 Å². The van der Waals surface area contributed by atoms with Gasteiger partial charge in [-0.3, -0.25) is 0 Å². The average molecular weight is 670 g/mol. The fraction of sp³-hybridized carbons (Fsp3) is 0.176. The molecule has 0 fully saturated rings. The molecule has 0 spiro atoms. The molecule has 252 valence electrons. The largest absolute Gasteiger partial charge is 0.328 e. The number of hydrogen-bond acceptors (Lipinski definition) is 1. The Morgan fingerprint density at radius 3 is 1.65 bits per heavy atom. The molecule has 6 aromatic rings. The van der Waals surface area contributed by atoms with Gasteiger partial charge in [-0.2, -0.15) is 0 Å². The lowest BCUT2D eigenvalue weighted by atomic mass is 9.49. The molecular formula is C51H43N. The molecule has 0 saturated heterocycles. The number of rotatable bonds is 5. The van der Waals surface area contributed by atoms with Gasteiger partial charge in [-0.15, -0.1) is 0 Å². The van der Waals surface area contributed by atoms with Gasteiger partial charge in [-0.1, -0.05) is 171 Å². The van der Waals surface area contributed by atoms with Crippen molar-refractivity contribution in [1.29, 1.82) is 0 Å². The topological polar surface area (TPSA) is 3.24 Å². The van der Waals surface area contributed by atoms with Crippen molar-refractivity contribution in [2.24, 2.45) is 5.92 Å². The maximum absolute atomic E-state index is 2.67. The van der Waals surface area contributed by atoms with Gasteiger partial charge in [0.05, 0.1) is 11.0 Å². The summed E-state index contributed by atoms with van der Waals surface area (Å²) in [5, 5.41) is 0. The van der Waals surface area contributed by atoms with Crippen LogP contribution in [0.4, 0.5) is 11.4 Å². The first kappa shape index (κ1) is 31.1. The summed E-state index contributed by atoms with van der Waals surface area (Å²) in [5.74, 6) is 0.206. The average Bonchev–Trinajstić information content (AvgIpc) is 3.43. The lowest BCUT2D eigenvalue weighted by Gasteiger charge is -2.60. The third-order valence-electron chi connectivity index (χ3n) is 13.1. The first-order valence-corrected chi connectivity index (χ1v) is 18.8. The van der Waals surface area contributed by atoms with E-state index in [2.05, 4.69) is 215 Å². The van der Waals surface area contributed by atoms with E-state index in [1.54, 1.807) is 0 Å². The summed E-state index contributed by atoms with van der Waals surface area (Å²) in [6.07, 6.45) is 7.75. The molecule has 0 N–H and O–H groups in total. The Balaban J connectivity index is 1.33. The third-order valence-corrected chi connectivity index (χ3v) is 13.1. The molecule has 1 aliphatic heterocycles. The molecule has 3 aliphatic carbocycles. The van der Waals surface area contributed by atoms with E-state index in [-0.39, 0.29) is 16.7 Å². The van der Waals surface area contributed by atoms with Crippen LogP contribution in [0, 0.1) is 5.92 Å². The Labute approximate surface area is 308 Å². The number of nitrogens with zero attached hydrogens (tertiary/aromatic N) is 1. The van der Waals surface area contributed by atoms with Crippen LogP contribution < -0.4 is 4.90 Å². The van der Waals surface area contributed by atoms with E-state index in [1.165, 1.54) is 67.0 Å². The van der Waals surface area contributed by atoms with E-state index >= 15 is 0 Å². The molecule has 4 atom stereocenters. The molecule has 0 saturated carbocycles. The predicted octanol–water partition coefficient (Wildman–Crippen LogP) is 12.3. The summed E-state index contributed by atoms with van der Waals surface area (Å²) in [5.41, 5.74) is 14.8. The predicted molar refractivity (Wildman–Crippen MR) is 216 cm³/mol. The highest BCUT2D eigenvalue weighted by Gasteiger charge is 2.67. The maximum Gasteiger partial charge on any atom is 0.0833 e. The molecule has 1 heteroatoms. The van der Waals surface area contributed by atoms with E-state index in [0.717, 1.165) is 0 Å². The Morgan fingerprint density at radius 2 is 1.06 bits per heavy atom. The SMILES string of the molecule is CC1C=C2C3(C)C4=C1C(C)(c1ccccc1)C=CC4(C)N(c1ccc(-c4ccccc4)cc1)c1cccc(c13)C2(c1ccccc1)c1ccccc1. The number of hydrogen-bond donors (Lipinski definition) is 0. The second kappa shape index (κ2) is 10.9.